The third kappa shape index (κ3) is 6.15. The Kier molecular flexibility index (Phi) is 9.32. The van der Waals surface area contributed by atoms with E-state index in [1.54, 1.807) is 14.2 Å². The van der Waals surface area contributed by atoms with E-state index < -0.39 is 11.9 Å². The molecule has 6 N–H and O–H groups in total. The normalized spacial score (nSPS) is 13.7. The van der Waals surface area contributed by atoms with Crippen LogP contribution in [0.4, 0.5) is 0 Å². The average molecular weight is 629 g/mol. The van der Waals surface area contributed by atoms with Gasteiger partial charge in [0.2, 0.25) is 0 Å². The maximum atomic E-state index is 11.6. The molecule has 0 aromatic carbocycles. The zero-order valence-electron chi connectivity index (χ0n) is 27.8. The molecule has 0 spiro atoms. The van der Waals surface area contributed by atoms with Gasteiger partial charge in [-0.3, -0.25) is 9.59 Å². The number of fused-ring (bicyclic) bond motifs is 8. The minimum absolute atomic E-state index is 0.0154. The molecule has 0 aliphatic carbocycles. The topological polar surface area (TPSA) is 156 Å². The van der Waals surface area contributed by atoms with Gasteiger partial charge in [-0.05, 0) is 112 Å². The number of H-pyrrole nitrogens is 4. The number of carboxylic acid groups (broad SMARTS) is 2. The molecular formula is C36H44N4O6. The van der Waals surface area contributed by atoms with Crippen molar-refractivity contribution in [2.24, 2.45) is 0 Å². The SMILES string of the molecule is COC(C)c1c2[nH]c(c1C)C=c1[nH]c(c(CCC(=O)O)c1C)=Cc1[nH]c(c(C)c1CCC(=O)O)C=c1[nH]c(c(C)c1C(C)OC)=C2. The van der Waals surface area contributed by atoms with Crippen LogP contribution in [0.5, 0.6) is 0 Å². The predicted octanol–water partition coefficient (Wildman–Crippen LogP) is 3.31. The highest BCUT2D eigenvalue weighted by Crippen LogP contribution is 2.29. The third-order valence-corrected chi connectivity index (χ3v) is 9.49. The lowest BCUT2D eigenvalue weighted by molar-refractivity contribution is -0.138. The molecule has 4 aromatic heterocycles. The van der Waals surface area contributed by atoms with E-state index in [9.17, 15) is 19.8 Å². The van der Waals surface area contributed by atoms with Gasteiger partial charge in [-0.2, -0.15) is 0 Å². The lowest BCUT2D eigenvalue weighted by Crippen LogP contribution is -2.15. The zero-order chi connectivity index (χ0) is 33.4. The number of nitrogens with one attached hydrogen (secondary N) is 4. The molecule has 46 heavy (non-hydrogen) atoms. The van der Waals surface area contributed by atoms with E-state index in [4.69, 9.17) is 9.47 Å². The molecule has 5 rings (SSSR count). The summed E-state index contributed by atoms with van der Waals surface area (Å²) in [5.74, 6) is -1.74. The van der Waals surface area contributed by atoms with Crippen LogP contribution in [-0.4, -0.2) is 56.3 Å². The van der Waals surface area contributed by atoms with E-state index in [1.807, 2.05) is 33.8 Å². The van der Waals surface area contributed by atoms with Crippen LogP contribution in [0.25, 0.3) is 24.3 Å². The van der Waals surface area contributed by atoms with E-state index in [1.165, 1.54) is 0 Å². The van der Waals surface area contributed by atoms with Gasteiger partial charge in [0.25, 0.3) is 0 Å². The number of hydrogen-bond acceptors (Lipinski definition) is 4. The van der Waals surface area contributed by atoms with Gasteiger partial charge >= 0.3 is 11.9 Å². The molecular weight excluding hydrogens is 584 g/mol. The second-order valence-electron chi connectivity index (χ2n) is 12.2. The van der Waals surface area contributed by atoms with Crippen molar-refractivity contribution in [1.82, 2.24) is 19.9 Å². The van der Waals surface area contributed by atoms with Crippen molar-refractivity contribution in [3.05, 3.63) is 88.7 Å². The molecule has 0 fully saturated rings. The highest BCUT2D eigenvalue weighted by molar-refractivity contribution is 5.70. The van der Waals surface area contributed by atoms with E-state index >= 15 is 0 Å². The van der Waals surface area contributed by atoms with E-state index in [0.717, 1.165) is 88.7 Å². The summed E-state index contributed by atoms with van der Waals surface area (Å²) in [4.78, 5) is 37.7. The molecule has 0 amide bonds. The number of rotatable bonds is 10. The molecule has 4 aromatic rings. The Morgan fingerprint density at radius 2 is 1.07 bits per heavy atom. The van der Waals surface area contributed by atoms with Crippen LogP contribution in [0.3, 0.4) is 0 Å². The summed E-state index contributed by atoms with van der Waals surface area (Å²) in [6, 6.07) is 0. The molecule has 0 radical (unpaired) electrons. The zero-order valence-corrected chi connectivity index (χ0v) is 27.8. The minimum atomic E-state index is -0.871. The van der Waals surface area contributed by atoms with Crippen molar-refractivity contribution in [3.63, 3.8) is 0 Å². The largest absolute Gasteiger partial charge is 0.481 e. The Morgan fingerprint density at radius 1 is 0.587 bits per heavy atom. The van der Waals surface area contributed by atoms with Gasteiger partial charge in [0.15, 0.2) is 0 Å². The summed E-state index contributed by atoms with van der Waals surface area (Å²) in [6.07, 6.45) is 8.52. The first-order chi connectivity index (χ1) is 21.8. The molecule has 8 bridgehead atoms. The quantitative estimate of drug-likeness (QED) is 0.139. The van der Waals surface area contributed by atoms with Crippen LogP contribution in [0, 0.1) is 27.7 Å². The fourth-order valence-corrected chi connectivity index (χ4v) is 6.68. The number of carbonyl (C=O) groups is 2. The number of hydrogen-bond donors (Lipinski definition) is 6. The van der Waals surface area contributed by atoms with Crippen LogP contribution in [0.2, 0.25) is 0 Å². The van der Waals surface area contributed by atoms with Crippen LogP contribution in [0.15, 0.2) is 0 Å². The first-order valence-electron chi connectivity index (χ1n) is 15.6. The lowest BCUT2D eigenvalue weighted by Gasteiger charge is -2.11. The van der Waals surface area contributed by atoms with Crippen molar-refractivity contribution in [2.45, 2.75) is 79.4 Å². The van der Waals surface area contributed by atoms with Gasteiger partial charge in [0.05, 0.1) is 12.2 Å². The monoisotopic (exact) mass is 628 g/mol. The number of aromatic nitrogens is 4. The maximum absolute atomic E-state index is 11.6. The highest BCUT2D eigenvalue weighted by atomic mass is 16.5. The first-order valence-corrected chi connectivity index (χ1v) is 15.6. The summed E-state index contributed by atoms with van der Waals surface area (Å²) >= 11 is 0. The Bertz CT molecular complexity index is 2070. The summed E-state index contributed by atoms with van der Waals surface area (Å²) in [7, 11) is 3.40. The van der Waals surface area contributed by atoms with Crippen molar-refractivity contribution < 1.29 is 29.3 Å². The molecule has 1 aliphatic heterocycles. The Balaban J connectivity index is 1.94. The molecule has 5 heterocycles. The smallest absolute Gasteiger partial charge is 0.303 e. The molecule has 1 aliphatic rings. The molecule has 0 saturated carbocycles. The predicted molar refractivity (Wildman–Crippen MR) is 178 cm³/mol. The van der Waals surface area contributed by atoms with Gasteiger partial charge in [0, 0.05) is 82.4 Å². The molecule has 0 saturated heterocycles. The Labute approximate surface area is 267 Å². The Hall–Kier alpha value is -4.54. The number of ether oxygens (including phenoxy) is 2. The van der Waals surface area contributed by atoms with Crippen LogP contribution in [-0.2, 0) is 31.9 Å². The fraction of sp³-hybridized carbons (Fsp3) is 0.389. The van der Waals surface area contributed by atoms with Crippen molar-refractivity contribution >= 4 is 36.2 Å². The third-order valence-electron chi connectivity index (χ3n) is 9.49. The molecule has 2 unspecified atom stereocenters. The van der Waals surface area contributed by atoms with Gasteiger partial charge in [-0.25, -0.2) is 0 Å². The summed E-state index contributed by atoms with van der Waals surface area (Å²) in [6.45, 7) is 12.2. The van der Waals surface area contributed by atoms with Crippen molar-refractivity contribution in [1.29, 1.82) is 0 Å². The van der Waals surface area contributed by atoms with Crippen molar-refractivity contribution in [3.8, 4) is 0 Å². The second kappa shape index (κ2) is 13.1. The van der Waals surface area contributed by atoms with Gasteiger partial charge < -0.3 is 39.6 Å². The second-order valence-corrected chi connectivity index (χ2v) is 12.2. The van der Waals surface area contributed by atoms with E-state index in [-0.39, 0.29) is 25.0 Å². The molecule has 2 atom stereocenters. The minimum Gasteiger partial charge on any atom is -0.481 e. The molecule has 244 valence electrons. The van der Waals surface area contributed by atoms with E-state index in [0.29, 0.717) is 12.8 Å². The maximum Gasteiger partial charge on any atom is 0.303 e. The fourth-order valence-electron chi connectivity index (χ4n) is 6.68. The summed E-state index contributed by atoms with van der Waals surface area (Å²) in [5.41, 5.74) is 11.4. The van der Waals surface area contributed by atoms with Gasteiger partial charge in [-0.15, -0.1) is 0 Å². The molecule has 10 heteroatoms. The summed E-state index contributed by atoms with van der Waals surface area (Å²) in [5, 5.41) is 22.6. The van der Waals surface area contributed by atoms with Crippen LogP contribution < -0.4 is 21.4 Å². The average Bonchev–Trinajstić information content (AvgIpc) is 3.67. The van der Waals surface area contributed by atoms with Gasteiger partial charge in [0.1, 0.15) is 0 Å². The van der Waals surface area contributed by atoms with Crippen LogP contribution >= 0.6 is 0 Å². The van der Waals surface area contributed by atoms with Gasteiger partial charge in [-0.1, -0.05) is 0 Å². The number of methoxy groups -OCH3 is 2. The standard InChI is InChI=1S/C36H44N4O6/c1-17-23(9-11-33(41)42)29-16-30-24(10-12-34(43)44)18(2)26(38-30)14-31-36(22(6)46-8)20(4)28(40-31)15-32-35(21(5)45-7)19(3)27(39-32)13-25(17)37-29/h13-16,21-22,37-40H,9-12H2,1-8H3,(H,41,42)(H,43,44). The number of carboxylic acids is 2. The lowest BCUT2D eigenvalue weighted by atomic mass is 10.0. The summed E-state index contributed by atoms with van der Waals surface area (Å²) < 4.78 is 11.6. The molecule has 10 nitrogen and oxygen atoms in total. The van der Waals surface area contributed by atoms with Crippen LogP contribution in [0.1, 0.15) is 106 Å². The van der Waals surface area contributed by atoms with Crippen molar-refractivity contribution in [2.75, 3.05) is 14.2 Å². The first kappa shape index (κ1) is 32.8. The number of aliphatic carboxylic acids is 2. The number of aromatic amines is 4. The van der Waals surface area contributed by atoms with E-state index in [2.05, 4.69) is 52.0 Å². The highest BCUT2D eigenvalue weighted by Gasteiger charge is 2.21. The Morgan fingerprint density at radius 3 is 1.70 bits per heavy atom.